The van der Waals surface area contributed by atoms with E-state index >= 15 is 0 Å². The molecule has 1 saturated carbocycles. The quantitative estimate of drug-likeness (QED) is 0.501. The fraction of sp³-hybridized carbons (Fsp3) is 0.727. The topological polar surface area (TPSA) is 23.8 Å². The predicted octanol–water partition coefficient (Wildman–Crippen LogP) is 2.75. The maximum Gasteiger partial charge on any atom is 0.0701 e. The number of nitrogens with zero attached hydrogens (tertiary/aromatic N) is 1. The van der Waals surface area contributed by atoms with Gasteiger partial charge in [0, 0.05) is 0 Å². The molecule has 1 heteroatoms. The van der Waals surface area contributed by atoms with Gasteiger partial charge in [-0.15, -0.1) is 0 Å². The molecule has 1 fully saturated rings. The summed E-state index contributed by atoms with van der Waals surface area (Å²) in [5.41, 5.74) is 0.141. The molecule has 3 atom stereocenters. The van der Waals surface area contributed by atoms with Gasteiger partial charge in [-0.2, -0.15) is 5.26 Å². The van der Waals surface area contributed by atoms with E-state index in [4.69, 9.17) is 0 Å². The molecular weight excluding hydrogens is 146 g/mol. The lowest BCUT2D eigenvalue weighted by molar-refractivity contribution is -0.0888. The number of allylic oxidation sites excluding steroid dienone is 2. The zero-order valence-corrected chi connectivity index (χ0v) is 7.96. The molecule has 2 bridgehead atoms. The smallest absolute Gasteiger partial charge is 0.0701 e. The third-order valence-corrected chi connectivity index (χ3v) is 4.23. The first-order valence-electron chi connectivity index (χ1n) is 4.64. The number of hydrogen-bond acceptors (Lipinski definition) is 1. The maximum absolute atomic E-state index is 9.21. The molecule has 12 heavy (non-hydrogen) atoms. The van der Waals surface area contributed by atoms with E-state index in [-0.39, 0.29) is 10.8 Å². The normalized spacial score (nSPS) is 47.8. The van der Waals surface area contributed by atoms with Crippen LogP contribution in [0.3, 0.4) is 0 Å². The van der Waals surface area contributed by atoms with Gasteiger partial charge in [0.25, 0.3) is 0 Å². The molecule has 0 aromatic heterocycles. The van der Waals surface area contributed by atoms with Crippen molar-refractivity contribution in [3.05, 3.63) is 12.2 Å². The fourth-order valence-electron chi connectivity index (χ4n) is 2.90. The molecule has 3 unspecified atom stereocenters. The van der Waals surface area contributed by atoms with Gasteiger partial charge in [0.05, 0.1) is 11.5 Å². The summed E-state index contributed by atoms with van der Waals surface area (Å²) in [6.07, 6.45) is 5.58. The molecule has 0 N–H and O–H groups in total. The van der Waals surface area contributed by atoms with E-state index in [1.807, 2.05) is 0 Å². The molecular formula is C11H15N. The van der Waals surface area contributed by atoms with Crippen molar-refractivity contribution in [3.8, 4) is 6.07 Å². The Morgan fingerprint density at radius 2 is 2.08 bits per heavy atom. The number of rotatable bonds is 0. The second kappa shape index (κ2) is 1.93. The van der Waals surface area contributed by atoms with Crippen molar-refractivity contribution in [1.82, 2.24) is 0 Å². The highest BCUT2D eigenvalue weighted by Crippen LogP contribution is 2.66. The summed E-state index contributed by atoms with van der Waals surface area (Å²) in [4.78, 5) is 0. The van der Waals surface area contributed by atoms with Crippen LogP contribution in [0.1, 0.15) is 27.2 Å². The minimum absolute atomic E-state index is 0.0631. The van der Waals surface area contributed by atoms with Crippen LogP contribution in [-0.4, -0.2) is 0 Å². The zero-order valence-electron chi connectivity index (χ0n) is 7.96. The second-order valence-electron chi connectivity index (χ2n) is 4.79. The number of hydrogen-bond donors (Lipinski definition) is 0. The second-order valence-corrected chi connectivity index (χ2v) is 4.79. The Bertz CT molecular complexity index is 282. The van der Waals surface area contributed by atoms with E-state index in [0.29, 0.717) is 11.8 Å². The molecule has 1 nitrogen and oxygen atoms in total. The van der Waals surface area contributed by atoms with Gasteiger partial charge >= 0.3 is 0 Å². The summed E-state index contributed by atoms with van der Waals surface area (Å²) < 4.78 is 0. The minimum Gasteiger partial charge on any atom is -0.198 e. The molecule has 0 amide bonds. The largest absolute Gasteiger partial charge is 0.198 e. The lowest BCUT2D eigenvalue weighted by Gasteiger charge is -2.62. The van der Waals surface area contributed by atoms with Crippen molar-refractivity contribution in [2.75, 3.05) is 0 Å². The first-order valence-corrected chi connectivity index (χ1v) is 4.64. The highest BCUT2D eigenvalue weighted by atomic mass is 14.7. The average Bonchev–Trinajstić information content (AvgIpc) is 2.04. The molecule has 0 aromatic rings. The first kappa shape index (κ1) is 7.86. The van der Waals surface area contributed by atoms with Crippen molar-refractivity contribution in [3.63, 3.8) is 0 Å². The Morgan fingerprint density at radius 1 is 1.42 bits per heavy atom. The summed E-state index contributed by atoms with van der Waals surface area (Å²) in [5.74, 6) is 1.08. The van der Waals surface area contributed by atoms with Crippen molar-refractivity contribution in [2.45, 2.75) is 27.2 Å². The Labute approximate surface area is 74.1 Å². The summed E-state index contributed by atoms with van der Waals surface area (Å²) in [6.45, 7) is 6.62. The van der Waals surface area contributed by atoms with Crippen molar-refractivity contribution < 1.29 is 0 Å². The van der Waals surface area contributed by atoms with Crippen LogP contribution < -0.4 is 0 Å². The Kier molecular flexibility index (Phi) is 1.27. The summed E-state index contributed by atoms with van der Waals surface area (Å²) in [7, 11) is 0. The molecule has 3 aliphatic carbocycles. The number of nitriles is 1. The van der Waals surface area contributed by atoms with Gasteiger partial charge in [-0.3, -0.25) is 0 Å². The van der Waals surface area contributed by atoms with Gasteiger partial charge in [0.2, 0.25) is 0 Å². The van der Waals surface area contributed by atoms with Crippen LogP contribution >= 0.6 is 0 Å². The van der Waals surface area contributed by atoms with Crippen LogP contribution in [0.2, 0.25) is 0 Å². The summed E-state index contributed by atoms with van der Waals surface area (Å²) in [5, 5.41) is 9.21. The van der Waals surface area contributed by atoms with E-state index in [0.717, 1.165) is 6.42 Å². The molecule has 64 valence electrons. The molecule has 0 heterocycles. The van der Waals surface area contributed by atoms with Crippen molar-refractivity contribution >= 4 is 0 Å². The highest BCUT2D eigenvalue weighted by molar-refractivity contribution is 5.30. The summed E-state index contributed by atoms with van der Waals surface area (Å²) >= 11 is 0. The standard InChI is InChI=1S/C11H15N/c1-8-4-5-9-6-11(8,7-12)10(9,2)3/h4-5,8-9H,6H2,1-3H3. The molecule has 3 rings (SSSR count). The van der Waals surface area contributed by atoms with Crippen molar-refractivity contribution in [2.24, 2.45) is 22.7 Å². The van der Waals surface area contributed by atoms with Crippen LogP contribution in [0.25, 0.3) is 0 Å². The maximum atomic E-state index is 9.21. The lowest BCUT2D eigenvalue weighted by atomic mass is 9.39. The van der Waals surface area contributed by atoms with E-state index in [1.165, 1.54) is 0 Å². The Morgan fingerprint density at radius 3 is 2.42 bits per heavy atom. The van der Waals surface area contributed by atoms with E-state index < -0.39 is 0 Å². The highest BCUT2D eigenvalue weighted by Gasteiger charge is 2.63. The third kappa shape index (κ3) is 0.566. The number of fused-ring (bicyclic) bond motifs is 1. The molecule has 0 aliphatic heterocycles. The van der Waals surface area contributed by atoms with Crippen molar-refractivity contribution in [1.29, 1.82) is 5.26 Å². The molecule has 0 saturated heterocycles. The third-order valence-electron chi connectivity index (χ3n) is 4.23. The van der Waals surface area contributed by atoms with Gasteiger partial charge in [-0.1, -0.05) is 32.9 Å². The molecule has 0 spiro atoms. The van der Waals surface area contributed by atoms with Gasteiger partial charge in [0.1, 0.15) is 0 Å². The van der Waals surface area contributed by atoms with E-state index in [9.17, 15) is 5.26 Å². The average molecular weight is 161 g/mol. The van der Waals surface area contributed by atoms with Crippen LogP contribution in [0.15, 0.2) is 12.2 Å². The van der Waals surface area contributed by atoms with Gasteiger partial charge < -0.3 is 0 Å². The van der Waals surface area contributed by atoms with Crippen LogP contribution in [0.5, 0.6) is 0 Å². The summed E-state index contributed by atoms with van der Waals surface area (Å²) in [6, 6.07) is 2.54. The Hall–Kier alpha value is -0.770. The van der Waals surface area contributed by atoms with E-state index in [1.54, 1.807) is 0 Å². The fourth-order valence-corrected chi connectivity index (χ4v) is 2.90. The van der Waals surface area contributed by atoms with Gasteiger partial charge in [-0.05, 0) is 23.7 Å². The predicted molar refractivity (Wildman–Crippen MR) is 48.2 cm³/mol. The monoisotopic (exact) mass is 161 g/mol. The molecule has 0 aromatic carbocycles. The van der Waals surface area contributed by atoms with E-state index in [2.05, 4.69) is 39.0 Å². The molecule has 3 aliphatic rings. The lowest BCUT2D eigenvalue weighted by Crippen LogP contribution is -2.58. The SMILES string of the molecule is CC1C=CC2CC1(C#N)C2(C)C. The minimum atomic E-state index is -0.0631. The molecule has 0 radical (unpaired) electrons. The van der Waals surface area contributed by atoms with Gasteiger partial charge in [-0.25, -0.2) is 0 Å². The van der Waals surface area contributed by atoms with Crippen LogP contribution in [0.4, 0.5) is 0 Å². The van der Waals surface area contributed by atoms with Crippen LogP contribution in [-0.2, 0) is 0 Å². The first-order chi connectivity index (χ1) is 5.54. The Balaban J connectivity index is 2.47. The van der Waals surface area contributed by atoms with Crippen LogP contribution in [0, 0.1) is 34.0 Å². The zero-order chi connectivity index (χ0) is 8.98. The van der Waals surface area contributed by atoms with Gasteiger partial charge in [0.15, 0.2) is 0 Å².